The number of sulfonamides is 1. The second-order valence-corrected chi connectivity index (χ2v) is 6.40. The molecule has 0 spiro atoms. The highest BCUT2D eigenvalue weighted by Crippen LogP contribution is 2.11. The van der Waals surface area contributed by atoms with Gasteiger partial charge < -0.3 is 10.2 Å². The maximum Gasteiger partial charge on any atom is 0.257 e. The van der Waals surface area contributed by atoms with E-state index in [0.29, 0.717) is 25.2 Å². The molecule has 8 heteroatoms. The average molecular weight is 303 g/mol. The summed E-state index contributed by atoms with van der Waals surface area (Å²) in [5.74, 6) is 0. The van der Waals surface area contributed by atoms with Crippen LogP contribution in [0.2, 0.25) is 0 Å². The number of nitrogens with zero attached hydrogens (tertiary/aromatic N) is 2. The molecule has 1 aromatic heterocycles. The third-order valence-electron chi connectivity index (χ3n) is 3.01. The van der Waals surface area contributed by atoms with E-state index in [0.717, 1.165) is 19.5 Å². The fraction of sp³-hybridized carbons (Fsp3) is 0.750. The monoisotopic (exact) mass is 303 g/mol. The maximum atomic E-state index is 12.2. The zero-order valence-electron chi connectivity index (χ0n) is 12.4. The highest BCUT2D eigenvalue weighted by molar-refractivity contribution is 7.89. The number of hydrogen-bond acceptors (Lipinski definition) is 5. The Labute approximate surface area is 121 Å². The van der Waals surface area contributed by atoms with Gasteiger partial charge in [-0.2, -0.15) is 5.10 Å². The third-order valence-corrected chi connectivity index (χ3v) is 4.49. The molecule has 1 heterocycles. The van der Waals surface area contributed by atoms with E-state index in [-0.39, 0.29) is 5.03 Å². The topological polar surface area (TPSA) is 90.1 Å². The second kappa shape index (κ2) is 8.35. The van der Waals surface area contributed by atoms with Crippen LogP contribution in [-0.4, -0.2) is 56.7 Å². The molecule has 0 fully saturated rings. The van der Waals surface area contributed by atoms with Crippen LogP contribution in [0.25, 0.3) is 0 Å². The summed E-state index contributed by atoms with van der Waals surface area (Å²) >= 11 is 0. The molecule has 0 unspecified atom stereocenters. The molecule has 0 aliphatic heterocycles. The Morgan fingerprint density at radius 1 is 1.35 bits per heavy atom. The molecule has 20 heavy (non-hydrogen) atoms. The summed E-state index contributed by atoms with van der Waals surface area (Å²) in [7, 11) is -1.57. The highest BCUT2D eigenvalue weighted by Gasteiger charge is 2.20. The molecule has 116 valence electrons. The Morgan fingerprint density at radius 2 is 2.10 bits per heavy atom. The number of aromatic amines is 1. The van der Waals surface area contributed by atoms with Crippen molar-refractivity contribution in [3.63, 3.8) is 0 Å². The quantitative estimate of drug-likeness (QED) is 0.535. The van der Waals surface area contributed by atoms with Gasteiger partial charge in [-0.3, -0.25) is 5.10 Å². The van der Waals surface area contributed by atoms with Crippen LogP contribution in [-0.2, 0) is 16.6 Å². The lowest BCUT2D eigenvalue weighted by Crippen LogP contribution is -2.33. The molecular weight excluding hydrogens is 278 g/mol. The van der Waals surface area contributed by atoms with Gasteiger partial charge in [0.15, 0.2) is 5.03 Å². The predicted octanol–water partition coefficient (Wildman–Crippen LogP) is 0.139. The van der Waals surface area contributed by atoms with Crippen molar-refractivity contribution in [2.45, 2.75) is 31.8 Å². The van der Waals surface area contributed by atoms with E-state index in [2.05, 4.69) is 27.2 Å². The number of nitrogens with one attached hydrogen (secondary N) is 3. The van der Waals surface area contributed by atoms with Crippen LogP contribution in [0, 0.1) is 0 Å². The number of rotatable bonds is 10. The molecule has 0 atom stereocenters. The Kier molecular flexibility index (Phi) is 7.14. The zero-order chi connectivity index (χ0) is 15.0. The van der Waals surface area contributed by atoms with Crippen LogP contribution in [0.1, 0.15) is 25.8 Å². The Balaban J connectivity index is 2.61. The van der Waals surface area contributed by atoms with Crippen molar-refractivity contribution >= 4 is 10.0 Å². The van der Waals surface area contributed by atoms with Gasteiger partial charge in [-0.1, -0.05) is 13.8 Å². The molecule has 0 radical (unpaired) electrons. The standard InChI is InChI=1S/C12H25N5O2S/c1-4-6-13-9-11-10-14-16-12(11)20(18,19)15-7-8-17(3)5-2/h10,13,15H,4-9H2,1-3H3,(H,14,16). The normalized spacial score (nSPS) is 12.2. The summed E-state index contributed by atoms with van der Waals surface area (Å²) in [5, 5.41) is 9.73. The minimum absolute atomic E-state index is 0.153. The molecular formula is C12H25N5O2S. The summed E-state index contributed by atoms with van der Waals surface area (Å²) in [5.41, 5.74) is 0.662. The van der Waals surface area contributed by atoms with Crippen LogP contribution < -0.4 is 10.0 Å². The predicted molar refractivity (Wildman–Crippen MR) is 78.9 cm³/mol. The van der Waals surface area contributed by atoms with Gasteiger partial charge in [-0.15, -0.1) is 0 Å². The lowest BCUT2D eigenvalue weighted by molar-refractivity contribution is 0.358. The largest absolute Gasteiger partial charge is 0.313 e. The van der Waals surface area contributed by atoms with E-state index in [4.69, 9.17) is 0 Å². The lowest BCUT2D eigenvalue weighted by Gasteiger charge is -2.14. The molecule has 0 aliphatic rings. The van der Waals surface area contributed by atoms with E-state index in [1.807, 2.05) is 18.9 Å². The van der Waals surface area contributed by atoms with Crippen molar-refractivity contribution < 1.29 is 8.42 Å². The summed E-state index contributed by atoms with van der Waals surface area (Å²) in [4.78, 5) is 2.04. The van der Waals surface area contributed by atoms with E-state index >= 15 is 0 Å². The van der Waals surface area contributed by atoms with Gasteiger partial charge in [-0.05, 0) is 26.6 Å². The average Bonchev–Trinajstić information content (AvgIpc) is 2.88. The first-order valence-electron chi connectivity index (χ1n) is 6.92. The van der Waals surface area contributed by atoms with Crippen molar-refractivity contribution in [3.05, 3.63) is 11.8 Å². The van der Waals surface area contributed by atoms with Crippen LogP contribution in [0.5, 0.6) is 0 Å². The van der Waals surface area contributed by atoms with E-state index in [1.165, 1.54) is 0 Å². The molecule has 1 aromatic rings. The van der Waals surface area contributed by atoms with Crippen LogP contribution in [0.3, 0.4) is 0 Å². The first kappa shape index (κ1) is 17.1. The minimum atomic E-state index is -3.52. The van der Waals surface area contributed by atoms with Crippen molar-refractivity contribution in [2.24, 2.45) is 0 Å². The fourth-order valence-electron chi connectivity index (χ4n) is 1.66. The van der Waals surface area contributed by atoms with Crippen LogP contribution in [0.15, 0.2) is 11.2 Å². The molecule has 1 rings (SSSR count). The van der Waals surface area contributed by atoms with Crippen molar-refractivity contribution in [3.8, 4) is 0 Å². The summed E-state index contributed by atoms with van der Waals surface area (Å²) in [6.45, 7) is 7.38. The Bertz CT molecular complexity index is 486. The smallest absolute Gasteiger partial charge is 0.257 e. The van der Waals surface area contributed by atoms with E-state index < -0.39 is 10.0 Å². The maximum absolute atomic E-state index is 12.2. The first-order chi connectivity index (χ1) is 9.51. The van der Waals surface area contributed by atoms with Gasteiger partial charge in [0.25, 0.3) is 10.0 Å². The molecule has 0 amide bonds. The van der Waals surface area contributed by atoms with Crippen LogP contribution >= 0.6 is 0 Å². The number of hydrogen-bond donors (Lipinski definition) is 3. The Hall–Kier alpha value is -0.960. The molecule has 0 aliphatic carbocycles. The van der Waals surface area contributed by atoms with Gasteiger partial charge in [0.2, 0.25) is 0 Å². The second-order valence-electron chi connectivity index (χ2n) is 4.69. The lowest BCUT2D eigenvalue weighted by atomic mass is 10.3. The van der Waals surface area contributed by atoms with Crippen molar-refractivity contribution in [1.29, 1.82) is 0 Å². The van der Waals surface area contributed by atoms with Gasteiger partial charge in [0.05, 0.1) is 6.20 Å². The van der Waals surface area contributed by atoms with Gasteiger partial charge in [0, 0.05) is 25.2 Å². The summed E-state index contributed by atoms with van der Waals surface area (Å²) in [6.07, 6.45) is 2.55. The van der Waals surface area contributed by atoms with Gasteiger partial charge in [-0.25, -0.2) is 13.1 Å². The van der Waals surface area contributed by atoms with Crippen molar-refractivity contribution in [1.82, 2.24) is 25.1 Å². The number of likely N-dealkylation sites (N-methyl/N-ethyl adjacent to an activating group) is 1. The van der Waals surface area contributed by atoms with Crippen molar-refractivity contribution in [2.75, 3.05) is 33.2 Å². The zero-order valence-corrected chi connectivity index (χ0v) is 13.3. The summed E-state index contributed by atoms with van der Waals surface area (Å²) < 4.78 is 27.0. The molecule has 0 aromatic carbocycles. The Morgan fingerprint density at radius 3 is 2.75 bits per heavy atom. The molecule has 0 bridgehead atoms. The first-order valence-corrected chi connectivity index (χ1v) is 8.40. The molecule has 3 N–H and O–H groups in total. The fourth-order valence-corrected chi connectivity index (χ4v) is 2.81. The molecule has 7 nitrogen and oxygen atoms in total. The van der Waals surface area contributed by atoms with E-state index in [9.17, 15) is 8.42 Å². The SMILES string of the molecule is CCCNCc1cn[nH]c1S(=O)(=O)NCCN(C)CC. The minimum Gasteiger partial charge on any atom is -0.313 e. The number of H-pyrrole nitrogens is 1. The molecule has 0 saturated heterocycles. The molecule has 0 saturated carbocycles. The number of aromatic nitrogens is 2. The third kappa shape index (κ3) is 5.20. The van der Waals surface area contributed by atoms with E-state index in [1.54, 1.807) is 6.20 Å². The van der Waals surface area contributed by atoms with Gasteiger partial charge >= 0.3 is 0 Å². The van der Waals surface area contributed by atoms with Gasteiger partial charge in [0.1, 0.15) is 0 Å². The van der Waals surface area contributed by atoms with Crippen LogP contribution in [0.4, 0.5) is 0 Å². The highest BCUT2D eigenvalue weighted by atomic mass is 32.2. The summed E-state index contributed by atoms with van der Waals surface area (Å²) in [6, 6.07) is 0.